The van der Waals surface area contributed by atoms with Crippen molar-refractivity contribution in [3.8, 4) is 34.5 Å². The van der Waals surface area contributed by atoms with Gasteiger partial charge in [-0.05, 0) is 104 Å². The molecule has 53 heavy (non-hydrogen) atoms. The number of rotatable bonds is 18. The van der Waals surface area contributed by atoms with E-state index in [0.29, 0.717) is 60.3 Å². The van der Waals surface area contributed by atoms with E-state index >= 15 is 0 Å². The number of aliphatic hydroxyl groups is 2. The predicted molar refractivity (Wildman–Crippen MR) is 221 cm³/mol. The van der Waals surface area contributed by atoms with Crippen molar-refractivity contribution in [2.45, 2.75) is 91.8 Å². The summed E-state index contributed by atoms with van der Waals surface area (Å²) in [4.78, 5) is 4.50. The SMILES string of the molecule is CC(C)N(CC(O)COc1ccccc1Oc1ccccc1)C(C)C.CC(C)N(CC(O)COc1ccccc1Oc1ccccc1)C(C)C.Cl.Cl.O. The highest BCUT2D eigenvalue weighted by atomic mass is 35.5. The van der Waals surface area contributed by atoms with Crippen LogP contribution in [-0.2, 0) is 0 Å². The molecule has 0 heterocycles. The largest absolute Gasteiger partial charge is 0.487 e. The summed E-state index contributed by atoms with van der Waals surface area (Å²) < 4.78 is 23.4. The number of benzene rings is 4. The lowest BCUT2D eigenvalue weighted by atomic mass is 10.2. The van der Waals surface area contributed by atoms with E-state index in [9.17, 15) is 10.2 Å². The van der Waals surface area contributed by atoms with Gasteiger partial charge in [-0.25, -0.2) is 0 Å². The normalized spacial score (nSPS) is 11.9. The quantitative estimate of drug-likeness (QED) is 0.103. The van der Waals surface area contributed by atoms with Gasteiger partial charge >= 0.3 is 0 Å². The van der Waals surface area contributed by atoms with E-state index in [1.165, 1.54) is 0 Å². The molecule has 9 nitrogen and oxygen atoms in total. The van der Waals surface area contributed by atoms with Crippen LogP contribution in [0.15, 0.2) is 109 Å². The van der Waals surface area contributed by atoms with Gasteiger partial charge in [0.2, 0.25) is 0 Å². The van der Waals surface area contributed by atoms with Crippen LogP contribution in [0.25, 0.3) is 0 Å². The van der Waals surface area contributed by atoms with Crippen molar-refractivity contribution in [1.82, 2.24) is 9.80 Å². The van der Waals surface area contributed by atoms with E-state index in [2.05, 4.69) is 65.2 Å². The highest BCUT2D eigenvalue weighted by Crippen LogP contribution is 2.32. The smallest absolute Gasteiger partial charge is 0.169 e. The van der Waals surface area contributed by atoms with Crippen molar-refractivity contribution >= 4 is 24.8 Å². The van der Waals surface area contributed by atoms with Crippen LogP contribution < -0.4 is 18.9 Å². The molecular formula is C42H62Cl2N2O7. The number of para-hydroxylation sites is 6. The first kappa shape index (κ1) is 49.5. The third kappa shape index (κ3) is 17.9. The molecule has 11 heteroatoms. The summed E-state index contributed by atoms with van der Waals surface area (Å²) in [5, 5.41) is 20.7. The Labute approximate surface area is 330 Å². The molecule has 0 saturated heterocycles. The van der Waals surface area contributed by atoms with Gasteiger partial charge in [0.05, 0.1) is 0 Å². The van der Waals surface area contributed by atoms with Gasteiger partial charge in [-0.1, -0.05) is 60.7 Å². The Balaban J connectivity index is 0.000000966. The Kier molecular flexibility index (Phi) is 24.5. The molecule has 2 unspecified atom stereocenters. The molecule has 4 aromatic carbocycles. The van der Waals surface area contributed by atoms with Crippen LogP contribution in [0.3, 0.4) is 0 Å². The molecule has 0 fully saturated rings. The van der Waals surface area contributed by atoms with Crippen LogP contribution >= 0.6 is 24.8 Å². The number of nitrogens with zero attached hydrogens (tertiary/aromatic N) is 2. The molecule has 0 aliphatic rings. The lowest BCUT2D eigenvalue weighted by molar-refractivity contribution is 0.0440. The van der Waals surface area contributed by atoms with Crippen LogP contribution in [0.5, 0.6) is 34.5 Å². The zero-order valence-electron chi connectivity index (χ0n) is 32.4. The summed E-state index contributed by atoms with van der Waals surface area (Å²) in [5.41, 5.74) is 0. The molecule has 0 saturated carbocycles. The fourth-order valence-corrected chi connectivity index (χ4v) is 5.54. The van der Waals surface area contributed by atoms with E-state index in [-0.39, 0.29) is 43.5 Å². The average molecular weight is 778 g/mol. The first-order valence-electron chi connectivity index (χ1n) is 17.7. The number of hydrogen-bond acceptors (Lipinski definition) is 8. The Hall–Kier alpha value is -3.54. The number of ether oxygens (including phenoxy) is 4. The fraction of sp³-hybridized carbons (Fsp3) is 0.429. The van der Waals surface area contributed by atoms with Gasteiger partial charge in [-0.2, -0.15) is 0 Å². The molecule has 4 aromatic rings. The number of aliphatic hydroxyl groups excluding tert-OH is 2. The Morgan fingerprint density at radius 3 is 0.981 bits per heavy atom. The van der Waals surface area contributed by atoms with Gasteiger partial charge in [0.15, 0.2) is 23.0 Å². The lowest BCUT2D eigenvalue weighted by Gasteiger charge is -2.32. The van der Waals surface area contributed by atoms with E-state index < -0.39 is 12.2 Å². The van der Waals surface area contributed by atoms with E-state index in [4.69, 9.17) is 18.9 Å². The Morgan fingerprint density at radius 1 is 0.434 bits per heavy atom. The summed E-state index contributed by atoms with van der Waals surface area (Å²) in [7, 11) is 0. The molecule has 2 atom stereocenters. The molecule has 0 amide bonds. The maximum Gasteiger partial charge on any atom is 0.169 e. The summed E-state index contributed by atoms with van der Waals surface area (Å²) in [6.45, 7) is 18.7. The van der Waals surface area contributed by atoms with Crippen molar-refractivity contribution in [3.05, 3.63) is 109 Å². The summed E-state index contributed by atoms with van der Waals surface area (Å²) in [6, 6.07) is 35.7. The summed E-state index contributed by atoms with van der Waals surface area (Å²) >= 11 is 0. The molecule has 0 aliphatic carbocycles. The standard InChI is InChI=1S/2C21H29NO3.2ClH.H2O/c2*1-16(2)22(17(3)4)14-18(23)15-24-20-12-8-9-13-21(20)25-19-10-6-5-7-11-19;;;/h2*5-13,16-18,23H,14-15H2,1-4H3;2*1H;1H2. The number of hydrogen-bond donors (Lipinski definition) is 2. The highest BCUT2D eigenvalue weighted by Gasteiger charge is 2.20. The molecule has 296 valence electrons. The molecule has 4 rings (SSSR count). The second-order valence-corrected chi connectivity index (χ2v) is 13.4. The Morgan fingerprint density at radius 2 is 0.698 bits per heavy atom. The molecular weight excluding hydrogens is 715 g/mol. The molecule has 0 bridgehead atoms. The lowest BCUT2D eigenvalue weighted by Crippen LogP contribution is -2.43. The van der Waals surface area contributed by atoms with Gasteiger partial charge in [0.25, 0.3) is 0 Å². The molecule has 0 aliphatic heterocycles. The molecule has 0 radical (unpaired) electrons. The first-order chi connectivity index (χ1) is 23.9. The summed E-state index contributed by atoms with van der Waals surface area (Å²) in [6.07, 6.45) is -1.12. The van der Waals surface area contributed by atoms with Crippen LogP contribution in [0.4, 0.5) is 0 Å². The van der Waals surface area contributed by atoms with E-state index in [1.807, 2.05) is 109 Å². The van der Waals surface area contributed by atoms with Gasteiger partial charge in [0, 0.05) is 37.3 Å². The molecule has 4 N–H and O–H groups in total. The zero-order chi connectivity index (χ0) is 36.5. The van der Waals surface area contributed by atoms with Crippen LogP contribution in [0.2, 0.25) is 0 Å². The minimum Gasteiger partial charge on any atom is -0.487 e. The van der Waals surface area contributed by atoms with Crippen molar-refractivity contribution in [3.63, 3.8) is 0 Å². The van der Waals surface area contributed by atoms with Crippen molar-refractivity contribution < 1.29 is 34.6 Å². The topological polar surface area (TPSA) is 115 Å². The van der Waals surface area contributed by atoms with Crippen LogP contribution in [0, 0.1) is 0 Å². The van der Waals surface area contributed by atoms with Gasteiger partial charge in [0.1, 0.15) is 36.9 Å². The zero-order valence-corrected chi connectivity index (χ0v) is 34.1. The minimum absolute atomic E-state index is 0. The van der Waals surface area contributed by atoms with Crippen molar-refractivity contribution in [2.75, 3.05) is 26.3 Å². The van der Waals surface area contributed by atoms with Crippen LogP contribution in [-0.4, -0.2) is 88.2 Å². The average Bonchev–Trinajstić information content (AvgIpc) is 3.09. The van der Waals surface area contributed by atoms with Gasteiger partial charge in [-0.3, -0.25) is 9.80 Å². The number of halogens is 2. The highest BCUT2D eigenvalue weighted by molar-refractivity contribution is 5.85. The fourth-order valence-electron chi connectivity index (χ4n) is 5.54. The second-order valence-electron chi connectivity index (χ2n) is 13.4. The maximum absolute atomic E-state index is 10.4. The predicted octanol–water partition coefficient (Wildman–Crippen LogP) is 8.69. The Bertz CT molecular complexity index is 1370. The molecule has 0 spiro atoms. The maximum atomic E-state index is 10.4. The third-order valence-corrected chi connectivity index (χ3v) is 8.00. The first-order valence-corrected chi connectivity index (χ1v) is 17.7. The minimum atomic E-state index is -0.561. The summed E-state index contributed by atoms with van der Waals surface area (Å²) in [5.74, 6) is 4.06. The van der Waals surface area contributed by atoms with E-state index in [0.717, 1.165) is 11.5 Å². The molecule has 0 aromatic heterocycles. The monoisotopic (exact) mass is 776 g/mol. The van der Waals surface area contributed by atoms with E-state index in [1.54, 1.807) is 0 Å². The van der Waals surface area contributed by atoms with Crippen molar-refractivity contribution in [1.29, 1.82) is 0 Å². The third-order valence-electron chi connectivity index (χ3n) is 8.00. The van der Waals surface area contributed by atoms with Gasteiger partial charge in [-0.15, -0.1) is 24.8 Å². The van der Waals surface area contributed by atoms with Crippen LogP contribution in [0.1, 0.15) is 55.4 Å². The van der Waals surface area contributed by atoms with Gasteiger partial charge < -0.3 is 34.6 Å². The second kappa shape index (κ2) is 26.3. The van der Waals surface area contributed by atoms with Crippen molar-refractivity contribution in [2.24, 2.45) is 0 Å².